The van der Waals surface area contributed by atoms with E-state index in [-0.39, 0.29) is 61.2 Å². The van der Waals surface area contributed by atoms with E-state index in [9.17, 15) is 14.4 Å². The van der Waals surface area contributed by atoms with Gasteiger partial charge in [-0.05, 0) is 41.6 Å². The Labute approximate surface area is 220 Å². The summed E-state index contributed by atoms with van der Waals surface area (Å²) >= 11 is 0. The Bertz CT molecular complexity index is 1390. The molecular weight excluding hydrogens is 520 g/mol. The van der Waals surface area contributed by atoms with Gasteiger partial charge in [-0.25, -0.2) is 18.4 Å². The molecule has 0 bridgehead atoms. The number of cyclic esters (lactones) is 2. The first kappa shape index (κ1) is 25.9. The summed E-state index contributed by atoms with van der Waals surface area (Å²) in [6.07, 6.45) is -1.29. The van der Waals surface area contributed by atoms with Crippen LogP contribution in [0.2, 0.25) is 0 Å². The van der Waals surface area contributed by atoms with Crippen LogP contribution in [0.4, 0.5) is 29.7 Å². The Balaban J connectivity index is 1.25. The minimum absolute atomic E-state index is 0.0283. The number of nitrogens with zero attached hydrogens (tertiary/aromatic N) is 3. The monoisotopic (exact) mass is 543 g/mol. The molecule has 2 aliphatic rings. The third-order valence-corrected chi connectivity index (χ3v) is 6.11. The zero-order valence-electron chi connectivity index (χ0n) is 20.3. The van der Waals surface area contributed by atoms with Crippen molar-refractivity contribution in [1.29, 1.82) is 0 Å². The molecule has 5 rings (SSSR count). The highest BCUT2D eigenvalue weighted by molar-refractivity contribution is 5.91. The maximum absolute atomic E-state index is 15.1. The van der Waals surface area contributed by atoms with Crippen LogP contribution in [0.15, 0.2) is 53.3 Å². The minimum Gasteiger partial charge on any atom is -0.471 e. The molecule has 1 aromatic heterocycles. The molecule has 2 fully saturated rings. The first-order chi connectivity index (χ1) is 18.8. The van der Waals surface area contributed by atoms with Gasteiger partial charge in [-0.1, -0.05) is 0 Å². The second-order valence-corrected chi connectivity index (χ2v) is 8.72. The predicted molar refractivity (Wildman–Crippen MR) is 131 cm³/mol. The molecule has 14 heteroatoms. The Hall–Kier alpha value is -4.72. The first-order valence-corrected chi connectivity index (χ1v) is 11.9. The fourth-order valence-electron chi connectivity index (χ4n) is 4.19. The van der Waals surface area contributed by atoms with Gasteiger partial charge in [-0.3, -0.25) is 14.6 Å². The molecule has 39 heavy (non-hydrogen) atoms. The molecule has 3 amide bonds. The van der Waals surface area contributed by atoms with E-state index >= 15 is 8.78 Å². The van der Waals surface area contributed by atoms with E-state index in [2.05, 4.69) is 15.0 Å². The topological polar surface area (TPSA) is 149 Å². The highest BCUT2D eigenvalue weighted by Gasteiger charge is 2.34. The Morgan fingerprint density at radius 3 is 2.10 bits per heavy atom. The quantitative estimate of drug-likeness (QED) is 0.415. The van der Waals surface area contributed by atoms with Gasteiger partial charge in [0.25, 0.3) is 5.88 Å². The number of benzene rings is 2. The van der Waals surface area contributed by atoms with Crippen molar-refractivity contribution < 1.29 is 41.9 Å². The number of hydrogen-bond donors (Lipinski definition) is 2. The van der Waals surface area contributed by atoms with Crippen LogP contribution >= 0.6 is 0 Å². The van der Waals surface area contributed by atoms with Crippen molar-refractivity contribution in [2.24, 2.45) is 5.73 Å². The molecule has 0 aliphatic carbocycles. The van der Waals surface area contributed by atoms with Crippen molar-refractivity contribution >= 4 is 29.5 Å². The Morgan fingerprint density at radius 1 is 0.974 bits per heavy atom. The van der Waals surface area contributed by atoms with Gasteiger partial charge >= 0.3 is 12.2 Å². The number of nitrogens with two attached hydrogens (primary N) is 1. The summed E-state index contributed by atoms with van der Waals surface area (Å²) in [7, 11) is 0. The molecule has 12 nitrogen and oxygen atoms in total. The fraction of sp³-hybridized carbons (Fsp3) is 0.280. The molecular formula is C25H23F2N5O7. The van der Waals surface area contributed by atoms with Crippen LogP contribution in [-0.4, -0.2) is 68.2 Å². The second kappa shape index (κ2) is 10.9. The van der Waals surface area contributed by atoms with Crippen LogP contribution in [0.5, 0.6) is 5.88 Å². The van der Waals surface area contributed by atoms with Crippen molar-refractivity contribution in [3.63, 3.8) is 0 Å². The van der Waals surface area contributed by atoms with E-state index in [1.807, 2.05) is 0 Å². The highest BCUT2D eigenvalue weighted by Crippen LogP contribution is 2.33. The zero-order valence-corrected chi connectivity index (χ0v) is 20.3. The summed E-state index contributed by atoms with van der Waals surface area (Å²) in [5, 5.41) is 6.14. The van der Waals surface area contributed by atoms with Gasteiger partial charge in [-0.2, -0.15) is 0 Å². The number of anilines is 2. The number of halogens is 2. The Morgan fingerprint density at radius 2 is 1.56 bits per heavy atom. The first-order valence-electron chi connectivity index (χ1n) is 11.9. The van der Waals surface area contributed by atoms with Crippen LogP contribution in [0.25, 0.3) is 11.1 Å². The summed E-state index contributed by atoms with van der Waals surface area (Å²) in [5.74, 6) is -1.68. The molecule has 2 aromatic carbocycles. The average Bonchev–Trinajstić information content (AvgIpc) is 3.66. The third kappa shape index (κ3) is 5.60. The van der Waals surface area contributed by atoms with Gasteiger partial charge in [0, 0.05) is 17.2 Å². The van der Waals surface area contributed by atoms with Gasteiger partial charge in [0.05, 0.1) is 37.6 Å². The summed E-state index contributed by atoms with van der Waals surface area (Å²) in [6.45, 7) is 0.0944. The van der Waals surface area contributed by atoms with Crippen molar-refractivity contribution in [2.45, 2.75) is 12.2 Å². The van der Waals surface area contributed by atoms with E-state index in [0.717, 1.165) is 12.1 Å². The lowest BCUT2D eigenvalue weighted by Gasteiger charge is -2.16. The molecule has 0 spiro atoms. The fourth-order valence-corrected chi connectivity index (χ4v) is 4.19. The van der Waals surface area contributed by atoms with Crippen LogP contribution in [0, 0.1) is 11.6 Å². The van der Waals surface area contributed by atoms with Gasteiger partial charge in [0.1, 0.15) is 30.6 Å². The SMILES string of the molecule is NCC(=O)NC[C@H]1CN(c2ccc(-c3ccc(N4C[C@H](COc5ccon5)OC4=O)cc3F)c(F)c2)C(=O)O1. The molecule has 3 N–H and O–H groups in total. The molecule has 3 heterocycles. The number of ether oxygens (including phenoxy) is 3. The maximum Gasteiger partial charge on any atom is 0.414 e. The molecule has 0 unspecified atom stereocenters. The lowest BCUT2D eigenvalue weighted by Crippen LogP contribution is -2.37. The average molecular weight is 543 g/mol. The summed E-state index contributed by atoms with van der Waals surface area (Å²) in [5.41, 5.74) is 5.61. The summed E-state index contributed by atoms with van der Waals surface area (Å²) in [6, 6.07) is 9.37. The number of nitrogens with one attached hydrogen (secondary N) is 1. The van der Waals surface area contributed by atoms with Gasteiger partial charge in [0.2, 0.25) is 5.91 Å². The van der Waals surface area contributed by atoms with Crippen molar-refractivity contribution in [2.75, 3.05) is 42.6 Å². The molecule has 0 saturated carbocycles. The van der Waals surface area contributed by atoms with Crippen LogP contribution in [-0.2, 0) is 14.3 Å². The molecule has 2 saturated heterocycles. The minimum atomic E-state index is -0.766. The second-order valence-electron chi connectivity index (χ2n) is 8.72. The van der Waals surface area contributed by atoms with Gasteiger partial charge in [0.15, 0.2) is 6.10 Å². The molecule has 3 aromatic rings. The van der Waals surface area contributed by atoms with E-state index in [1.54, 1.807) is 0 Å². The van der Waals surface area contributed by atoms with E-state index in [0.29, 0.717) is 0 Å². The number of carbonyl (C=O) groups excluding carboxylic acids is 3. The number of amides is 3. The normalized spacial score (nSPS) is 18.7. The number of hydrogen-bond acceptors (Lipinski definition) is 9. The van der Waals surface area contributed by atoms with Gasteiger partial charge < -0.3 is 29.8 Å². The molecule has 204 valence electrons. The number of aromatic nitrogens is 1. The van der Waals surface area contributed by atoms with Crippen LogP contribution < -0.4 is 25.6 Å². The number of carbonyl (C=O) groups is 3. The third-order valence-electron chi connectivity index (χ3n) is 6.11. The van der Waals surface area contributed by atoms with Gasteiger partial charge in [-0.15, -0.1) is 0 Å². The lowest BCUT2D eigenvalue weighted by atomic mass is 10.0. The molecule has 2 aliphatic heterocycles. The standard InChI is InChI=1S/C25H23F2N5O7/c26-20-7-14(31-11-16(38-24(31)34)10-29-22(33)9-28)1-3-18(20)19-4-2-15(8-21(19)27)32-12-17(39-25(32)35)13-36-23-5-6-37-30-23/h1-8,16-17H,9-13,28H2,(H,29,33)/t16-,17+/m0/s1. The predicted octanol–water partition coefficient (Wildman–Crippen LogP) is 2.42. The summed E-state index contributed by atoms with van der Waals surface area (Å²) in [4.78, 5) is 38.4. The zero-order chi connectivity index (χ0) is 27.5. The Kier molecular flexibility index (Phi) is 7.27. The van der Waals surface area contributed by atoms with Crippen molar-refractivity contribution in [3.05, 3.63) is 60.4 Å². The smallest absolute Gasteiger partial charge is 0.414 e. The highest BCUT2D eigenvalue weighted by atomic mass is 19.1. The largest absolute Gasteiger partial charge is 0.471 e. The number of rotatable bonds is 9. The van der Waals surface area contributed by atoms with Crippen LogP contribution in [0.1, 0.15) is 0 Å². The van der Waals surface area contributed by atoms with E-state index < -0.39 is 41.9 Å². The van der Waals surface area contributed by atoms with Crippen LogP contribution in [0.3, 0.4) is 0 Å². The van der Waals surface area contributed by atoms with Crippen molar-refractivity contribution in [3.8, 4) is 17.0 Å². The molecule has 2 atom stereocenters. The lowest BCUT2D eigenvalue weighted by molar-refractivity contribution is -0.120. The summed E-state index contributed by atoms with van der Waals surface area (Å²) < 4.78 is 50.7. The molecule has 0 radical (unpaired) electrons. The van der Waals surface area contributed by atoms with E-state index in [1.165, 1.54) is 46.4 Å². The maximum atomic E-state index is 15.1. The van der Waals surface area contributed by atoms with Crippen molar-refractivity contribution in [1.82, 2.24) is 10.5 Å². The van der Waals surface area contributed by atoms with E-state index in [4.69, 9.17) is 19.9 Å².